The van der Waals surface area contributed by atoms with Crippen LogP contribution in [0.4, 0.5) is 8.78 Å². The first kappa shape index (κ1) is 25.2. The van der Waals surface area contributed by atoms with Crippen molar-refractivity contribution in [2.45, 2.75) is 31.3 Å². The number of halogens is 2. The molecule has 0 aliphatic carbocycles. The second kappa shape index (κ2) is 11.2. The van der Waals surface area contributed by atoms with Crippen LogP contribution in [0.3, 0.4) is 0 Å². The van der Waals surface area contributed by atoms with E-state index in [1.807, 2.05) is 0 Å². The van der Waals surface area contributed by atoms with Crippen molar-refractivity contribution in [2.75, 3.05) is 12.3 Å². The lowest BCUT2D eigenvalue weighted by Gasteiger charge is -2.14. The molecule has 12 heteroatoms. The number of nitrogens with one attached hydrogen (secondary N) is 1. The number of carbonyl (C=O) groups is 2. The van der Waals surface area contributed by atoms with Crippen molar-refractivity contribution in [3.63, 3.8) is 0 Å². The Kier molecular flexibility index (Phi) is 8.29. The molecule has 0 radical (unpaired) electrons. The van der Waals surface area contributed by atoms with Crippen LogP contribution in [0.2, 0.25) is 0 Å². The van der Waals surface area contributed by atoms with Crippen LogP contribution in [0, 0.1) is 0 Å². The molecule has 9 nitrogen and oxygen atoms in total. The quantitative estimate of drug-likeness (QED) is 0.288. The molecule has 0 aliphatic heterocycles. The van der Waals surface area contributed by atoms with Gasteiger partial charge in [0, 0.05) is 18.5 Å². The van der Waals surface area contributed by atoms with Crippen LogP contribution < -0.4 is 10.1 Å². The van der Waals surface area contributed by atoms with Crippen molar-refractivity contribution >= 4 is 32.6 Å². The SMILES string of the molecule is O=C(CCCNC(=O)[C@@H](O)CS(=O)(=O)Cc1ccccc1OC(F)F)c1nc2ccccc2o1. The number of ether oxygens (including phenoxy) is 1. The highest BCUT2D eigenvalue weighted by atomic mass is 32.2. The van der Waals surface area contributed by atoms with Crippen molar-refractivity contribution in [3.8, 4) is 5.75 Å². The van der Waals surface area contributed by atoms with Gasteiger partial charge in [-0.15, -0.1) is 0 Å². The van der Waals surface area contributed by atoms with Crippen LogP contribution in [-0.2, 0) is 20.4 Å². The third-order valence-corrected chi connectivity index (χ3v) is 6.27. The van der Waals surface area contributed by atoms with E-state index in [-0.39, 0.29) is 42.4 Å². The number of carbonyl (C=O) groups excluding carboxylic acids is 2. The maximum absolute atomic E-state index is 12.5. The zero-order valence-corrected chi connectivity index (χ0v) is 18.6. The van der Waals surface area contributed by atoms with Crippen molar-refractivity contribution in [3.05, 3.63) is 60.0 Å². The van der Waals surface area contributed by atoms with E-state index in [0.717, 1.165) is 0 Å². The Labute approximate surface area is 193 Å². The minimum atomic E-state index is -4.04. The number of alkyl halides is 2. The number of sulfone groups is 1. The number of hydrogen-bond donors (Lipinski definition) is 2. The predicted octanol–water partition coefficient (Wildman–Crippen LogP) is 2.48. The molecule has 2 aromatic carbocycles. The van der Waals surface area contributed by atoms with Crippen LogP contribution in [0.15, 0.2) is 52.9 Å². The summed E-state index contributed by atoms with van der Waals surface area (Å²) in [5, 5.41) is 12.3. The van der Waals surface area contributed by atoms with Gasteiger partial charge in [0.2, 0.25) is 11.7 Å². The second-order valence-electron chi connectivity index (χ2n) is 7.36. The number of oxazole rings is 1. The highest BCUT2D eigenvalue weighted by molar-refractivity contribution is 7.90. The summed E-state index contributed by atoms with van der Waals surface area (Å²) in [6.45, 7) is -3.12. The maximum atomic E-state index is 12.5. The monoisotopic (exact) mass is 496 g/mol. The summed E-state index contributed by atoms with van der Waals surface area (Å²) in [6.07, 6.45) is -1.65. The minimum absolute atomic E-state index is 0.00692. The number of benzene rings is 2. The van der Waals surface area contributed by atoms with E-state index in [1.165, 1.54) is 24.3 Å². The summed E-state index contributed by atoms with van der Waals surface area (Å²) in [5.41, 5.74) is 1.01. The van der Waals surface area contributed by atoms with Gasteiger partial charge in [0.15, 0.2) is 15.4 Å². The first-order chi connectivity index (χ1) is 16.1. The second-order valence-corrected chi connectivity index (χ2v) is 9.47. The molecular weight excluding hydrogens is 474 g/mol. The molecule has 0 saturated carbocycles. The molecule has 1 aromatic heterocycles. The fourth-order valence-electron chi connectivity index (χ4n) is 3.12. The summed E-state index contributed by atoms with van der Waals surface area (Å²) in [7, 11) is -4.04. The van der Waals surface area contributed by atoms with E-state index < -0.39 is 40.0 Å². The molecule has 1 amide bonds. The summed E-state index contributed by atoms with van der Waals surface area (Å²) in [6, 6.07) is 12.3. The number of ketones is 1. The molecule has 2 N–H and O–H groups in total. The Bertz CT molecular complexity index is 1230. The van der Waals surface area contributed by atoms with Crippen LogP contribution >= 0.6 is 0 Å². The number of aromatic nitrogens is 1. The largest absolute Gasteiger partial charge is 0.435 e. The zero-order valence-electron chi connectivity index (χ0n) is 17.8. The molecule has 0 bridgehead atoms. The molecule has 34 heavy (non-hydrogen) atoms. The lowest BCUT2D eigenvalue weighted by atomic mass is 10.2. The average Bonchev–Trinajstić information content (AvgIpc) is 3.21. The molecular formula is C22H22F2N2O7S. The van der Waals surface area contributed by atoms with Crippen molar-refractivity contribution in [1.29, 1.82) is 0 Å². The number of fused-ring (bicyclic) bond motifs is 1. The normalized spacial score (nSPS) is 12.6. The lowest BCUT2D eigenvalue weighted by molar-refractivity contribution is -0.128. The molecule has 1 heterocycles. The highest BCUT2D eigenvalue weighted by Crippen LogP contribution is 2.23. The van der Waals surface area contributed by atoms with E-state index in [0.29, 0.717) is 11.1 Å². The Morgan fingerprint density at radius 2 is 1.82 bits per heavy atom. The Morgan fingerprint density at radius 3 is 2.56 bits per heavy atom. The minimum Gasteiger partial charge on any atom is -0.435 e. The Morgan fingerprint density at radius 1 is 1.12 bits per heavy atom. The molecule has 0 spiro atoms. The fraction of sp³-hybridized carbons (Fsp3) is 0.318. The summed E-state index contributed by atoms with van der Waals surface area (Å²) >= 11 is 0. The van der Waals surface area contributed by atoms with Crippen LogP contribution in [0.5, 0.6) is 5.75 Å². The Hall–Kier alpha value is -3.38. The number of nitrogens with zero attached hydrogens (tertiary/aromatic N) is 1. The number of hydrogen-bond acceptors (Lipinski definition) is 8. The topological polar surface area (TPSA) is 136 Å². The van der Waals surface area contributed by atoms with Gasteiger partial charge < -0.3 is 19.6 Å². The first-order valence-corrected chi connectivity index (χ1v) is 12.0. The third kappa shape index (κ3) is 7.06. The van der Waals surface area contributed by atoms with Gasteiger partial charge in [-0.2, -0.15) is 8.78 Å². The van der Waals surface area contributed by atoms with E-state index in [1.54, 1.807) is 24.3 Å². The van der Waals surface area contributed by atoms with Crippen molar-refractivity contribution in [1.82, 2.24) is 10.3 Å². The third-order valence-electron chi connectivity index (χ3n) is 4.69. The van der Waals surface area contributed by atoms with E-state index in [9.17, 15) is 31.9 Å². The van der Waals surface area contributed by atoms with E-state index >= 15 is 0 Å². The van der Waals surface area contributed by atoms with Crippen molar-refractivity contribution in [2.24, 2.45) is 0 Å². The van der Waals surface area contributed by atoms with Gasteiger partial charge in [0.25, 0.3) is 5.89 Å². The summed E-state index contributed by atoms with van der Waals surface area (Å²) < 4.78 is 59.4. The fourth-order valence-corrected chi connectivity index (χ4v) is 4.59. The Balaban J connectivity index is 1.45. The number of rotatable bonds is 12. The van der Waals surface area contributed by atoms with E-state index in [4.69, 9.17) is 4.42 Å². The molecule has 0 unspecified atom stereocenters. The number of amides is 1. The first-order valence-electron chi connectivity index (χ1n) is 10.2. The lowest BCUT2D eigenvalue weighted by Crippen LogP contribution is -2.39. The number of aliphatic hydroxyl groups is 1. The molecule has 0 fully saturated rings. The summed E-state index contributed by atoms with van der Waals surface area (Å²) in [4.78, 5) is 28.3. The van der Waals surface area contributed by atoms with Crippen LogP contribution in [-0.4, -0.2) is 55.2 Å². The smallest absolute Gasteiger partial charge is 0.387 e. The van der Waals surface area contributed by atoms with Gasteiger partial charge in [-0.1, -0.05) is 30.3 Å². The number of Topliss-reactive ketones (excluding diaryl/α,β-unsaturated/α-hetero) is 1. The highest BCUT2D eigenvalue weighted by Gasteiger charge is 2.25. The number of aliphatic hydroxyl groups excluding tert-OH is 1. The predicted molar refractivity (Wildman–Crippen MR) is 117 cm³/mol. The molecule has 3 aromatic rings. The standard InChI is InChI=1S/C22H22F2N2O7S/c23-22(24)33-18-9-3-1-6-14(18)12-34(30,31)13-17(28)20(29)25-11-5-8-16(27)21-26-15-7-2-4-10-19(15)32-21/h1-4,6-7,9-10,17,22,28H,5,8,11-13H2,(H,25,29)/t17-/m0/s1. The van der Waals surface area contributed by atoms with Gasteiger partial charge in [-0.3, -0.25) is 9.59 Å². The van der Waals surface area contributed by atoms with Gasteiger partial charge in [-0.05, 0) is 24.6 Å². The molecule has 182 valence electrons. The zero-order chi connectivity index (χ0) is 24.7. The van der Waals surface area contributed by atoms with Crippen molar-refractivity contribution < 1.29 is 41.0 Å². The average molecular weight is 496 g/mol. The van der Waals surface area contributed by atoms with Crippen LogP contribution in [0.25, 0.3) is 11.1 Å². The van der Waals surface area contributed by atoms with Gasteiger partial charge >= 0.3 is 6.61 Å². The summed E-state index contributed by atoms with van der Waals surface area (Å²) in [5.74, 6) is -3.25. The van der Waals surface area contributed by atoms with E-state index in [2.05, 4.69) is 15.0 Å². The van der Waals surface area contributed by atoms with Gasteiger partial charge in [0.1, 0.15) is 17.4 Å². The maximum Gasteiger partial charge on any atom is 0.387 e. The van der Waals surface area contributed by atoms with Gasteiger partial charge in [-0.25, -0.2) is 13.4 Å². The molecule has 3 rings (SSSR count). The molecule has 0 saturated heterocycles. The van der Waals surface area contributed by atoms with Gasteiger partial charge in [0.05, 0.1) is 11.5 Å². The molecule has 1 atom stereocenters. The van der Waals surface area contributed by atoms with Crippen LogP contribution in [0.1, 0.15) is 29.1 Å². The number of para-hydroxylation sites is 3. The molecule has 0 aliphatic rings.